The van der Waals surface area contributed by atoms with Crippen LogP contribution in [0.3, 0.4) is 0 Å². The van der Waals surface area contributed by atoms with Crippen LogP contribution in [-0.2, 0) is 4.79 Å². The number of carbonyl (C=O) groups is 1. The Morgan fingerprint density at radius 3 is 3.17 bits per heavy atom. The van der Waals surface area contributed by atoms with Gasteiger partial charge in [0.15, 0.2) is 11.3 Å². The van der Waals surface area contributed by atoms with Crippen molar-refractivity contribution in [3.05, 3.63) is 23.8 Å². The van der Waals surface area contributed by atoms with E-state index in [4.69, 9.17) is 5.26 Å². The average molecular weight is 321 g/mol. The SMILES string of the molecule is Cc1nc(C2CCN(C(=O)CC#N)C2)c2c(nnc3[nH]ccc32)n1. The Labute approximate surface area is 137 Å². The molecule has 0 bridgehead atoms. The Bertz CT molecular complexity index is 987. The first-order valence-corrected chi connectivity index (χ1v) is 7.80. The van der Waals surface area contributed by atoms with Gasteiger partial charge in [-0.15, -0.1) is 10.2 Å². The molecule has 1 aliphatic heterocycles. The number of nitrogens with one attached hydrogen (secondary N) is 1. The number of aromatic amines is 1. The summed E-state index contributed by atoms with van der Waals surface area (Å²) in [5.74, 6) is 0.629. The second kappa shape index (κ2) is 5.53. The molecule has 1 saturated heterocycles. The molecule has 1 unspecified atom stereocenters. The molecule has 8 heteroatoms. The fourth-order valence-electron chi connectivity index (χ4n) is 3.34. The topological polar surface area (TPSA) is 111 Å². The van der Waals surface area contributed by atoms with Crippen LogP contribution in [0.2, 0.25) is 0 Å². The summed E-state index contributed by atoms with van der Waals surface area (Å²) in [6, 6.07) is 3.87. The third-order valence-corrected chi connectivity index (χ3v) is 4.43. The summed E-state index contributed by atoms with van der Waals surface area (Å²) in [4.78, 5) is 25.8. The smallest absolute Gasteiger partial charge is 0.236 e. The second-order valence-corrected chi connectivity index (χ2v) is 5.95. The molecule has 3 aromatic rings. The van der Waals surface area contributed by atoms with Gasteiger partial charge in [-0.2, -0.15) is 5.26 Å². The zero-order chi connectivity index (χ0) is 16.7. The van der Waals surface area contributed by atoms with Gasteiger partial charge in [0, 0.05) is 30.6 Å². The third-order valence-electron chi connectivity index (χ3n) is 4.43. The van der Waals surface area contributed by atoms with E-state index < -0.39 is 0 Å². The number of aryl methyl sites for hydroxylation is 1. The summed E-state index contributed by atoms with van der Waals surface area (Å²) in [5, 5.41) is 18.9. The number of carbonyl (C=O) groups excluding carboxylic acids is 1. The van der Waals surface area contributed by atoms with Crippen molar-refractivity contribution in [3.63, 3.8) is 0 Å². The molecule has 0 saturated carbocycles. The summed E-state index contributed by atoms with van der Waals surface area (Å²) in [6.45, 7) is 3.05. The molecule has 4 heterocycles. The normalized spacial score (nSPS) is 17.5. The van der Waals surface area contributed by atoms with Gasteiger partial charge < -0.3 is 9.88 Å². The molecular formula is C16H15N7O. The van der Waals surface area contributed by atoms with Crippen LogP contribution in [0, 0.1) is 18.3 Å². The predicted octanol–water partition coefficient (Wildman–Crippen LogP) is 1.44. The highest BCUT2D eigenvalue weighted by molar-refractivity contribution is 6.02. The van der Waals surface area contributed by atoms with Crippen LogP contribution in [0.15, 0.2) is 12.3 Å². The number of fused-ring (bicyclic) bond motifs is 3. The van der Waals surface area contributed by atoms with Gasteiger partial charge in [-0.05, 0) is 19.4 Å². The Balaban J connectivity index is 1.81. The van der Waals surface area contributed by atoms with Crippen LogP contribution in [-0.4, -0.2) is 49.0 Å². The molecule has 3 aromatic heterocycles. The molecule has 0 aliphatic carbocycles. The molecule has 24 heavy (non-hydrogen) atoms. The summed E-state index contributed by atoms with van der Waals surface area (Å²) in [6.07, 6.45) is 2.56. The molecular weight excluding hydrogens is 306 g/mol. The van der Waals surface area contributed by atoms with Gasteiger partial charge in [-0.3, -0.25) is 4.79 Å². The van der Waals surface area contributed by atoms with E-state index in [-0.39, 0.29) is 18.2 Å². The van der Waals surface area contributed by atoms with Crippen LogP contribution in [0.25, 0.3) is 22.1 Å². The van der Waals surface area contributed by atoms with Crippen molar-refractivity contribution in [1.29, 1.82) is 5.26 Å². The second-order valence-electron chi connectivity index (χ2n) is 5.95. The number of likely N-dealkylation sites (tertiary alicyclic amines) is 1. The van der Waals surface area contributed by atoms with E-state index in [1.807, 2.05) is 25.3 Å². The van der Waals surface area contributed by atoms with Crippen LogP contribution < -0.4 is 0 Å². The van der Waals surface area contributed by atoms with E-state index in [0.717, 1.165) is 22.9 Å². The molecule has 120 valence electrons. The first-order valence-electron chi connectivity index (χ1n) is 7.80. The number of rotatable bonds is 2. The summed E-state index contributed by atoms with van der Waals surface area (Å²) in [5.41, 5.74) is 2.18. The molecule has 0 aromatic carbocycles. The van der Waals surface area contributed by atoms with Crippen molar-refractivity contribution in [2.45, 2.75) is 25.7 Å². The van der Waals surface area contributed by atoms with Gasteiger partial charge in [-0.25, -0.2) is 9.97 Å². The van der Waals surface area contributed by atoms with Crippen molar-refractivity contribution in [3.8, 4) is 6.07 Å². The maximum atomic E-state index is 12.0. The Hall–Kier alpha value is -3.08. The fourth-order valence-corrected chi connectivity index (χ4v) is 3.34. The summed E-state index contributed by atoms with van der Waals surface area (Å²) in [7, 11) is 0. The van der Waals surface area contributed by atoms with Crippen molar-refractivity contribution in [2.75, 3.05) is 13.1 Å². The largest absolute Gasteiger partial charge is 0.345 e. The molecule has 4 rings (SSSR count). The first kappa shape index (κ1) is 14.5. The molecule has 1 N–H and O–H groups in total. The monoisotopic (exact) mass is 321 g/mol. The average Bonchev–Trinajstić information content (AvgIpc) is 3.23. The highest BCUT2D eigenvalue weighted by atomic mass is 16.2. The standard InChI is InChI=1S/C16H15N7O/c1-9-19-14(10-4-7-23(8-10)12(24)2-5-17)13-11-3-6-18-15(11)21-22-16(13)20-9/h3,6,10H,2,4,7-8H2,1H3,(H,18,21). The van der Waals surface area contributed by atoms with Crippen molar-refractivity contribution >= 4 is 28.0 Å². The predicted molar refractivity (Wildman–Crippen MR) is 85.9 cm³/mol. The number of nitriles is 1. The van der Waals surface area contributed by atoms with Crippen LogP contribution >= 0.6 is 0 Å². The molecule has 1 atom stereocenters. The molecule has 0 spiro atoms. The molecule has 1 aliphatic rings. The molecule has 1 amide bonds. The van der Waals surface area contributed by atoms with Crippen molar-refractivity contribution in [1.82, 2.24) is 30.0 Å². The maximum Gasteiger partial charge on any atom is 0.236 e. The number of nitrogens with zero attached hydrogens (tertiary/aromatic N) is 6. The third kappa shape index (κ3) is 2.25. The van der Waals surface area contributed by atoms with E-state index in [9.17, 15) is 4.79 Å². The quantitative estimate of drug-likeness (QED) is 0.764. The number of hydrogen-bond acceptors (Lipinski definition) is 6. The molecule has 8 nitrogen and oxygen atoms in total. The van der Waals surface area contributed by atoms with Crippen molar-refractivity contribution in [2.24, 2.45) is 0 Å². The van der Waals surface area contributed by atoms with Gasteiger partial charge >= 0.3 is 0 Å². The zero-order valence-electron chi connectivity index (χ0n) is 13.2. The molecule has 1 fully saturated rings. The van der Waals surface area contributed by atoms with Gasteiger partial charge in [0.1, 0.15) is 12.2 Å². The number of aromatic nitrogens is 5. The Kier molecular flexibility index (Phi) is 3.34. The van der Waals surface area contributed by atoms with Crippen molar-refractivity contribution < 1.29 is 4.79 Å². The summed E-state index contributed by atoms with van der Waals surface area (Å²) < 4.78 is 0. The minimum Gasteiger partial charge on any atom is -0.345 e. The minimum atomic E-state index is -0.123. The minimum absolute atomic E-state index is 0.0796. The van der Waals surface area contributed by atoms with E-state index in [2.05, 4.69) is 25.1 Å². The highest BCUT2D eigenvalue weighted by Gasteiger charge is 2.30. The Morgan fingerprint density at radius 1 is 1.46 bits per heavy atom. The zero-order valence-corrected chi connectivity index (χ0v) is 13.2. The van der Waals surface area contributed by atoms with Gasteiger partial charge in [-0.1, -0.05) is 0 Å². The van der Waals surface area contributed by atoms with Crippen LogP contribution in [0.4, 0.5) is 0 Å². The number of H-pyrrole nitrogens is 1. The van der Waals surface area contributed by atoms with E-state index in [0.29, 0.717) is 30.2 Å². The summed E-state index contributed by atoms with van der Waals surface area (Å²) >= 11 is 0. The van der Waals surface area contributed by atoms with E-state index in [1.54, 1.807) is 4.90 Å². The lowest BCUT2D eigenvalue weighted by atomic mass is 10.00. The Morgan fingerprint density at radius 2 is 2.33 bits per heavy atom. The molecule has 0 radical (unpaired) electrons. The lowest BCUT2D eigenvalue weighted by Crippen LogP contribution is -2.27. The van der Waals surface area contributed by atoms with Gasteiger partial charge in [0.2, 0.25) is 5.91 Å². The van der Waals surface area contributed by atoms with E-state index in [1.165, 1.54) is 0 Å². The lowest BCUT2D eigenvalue weighted by Gasteiger charge is -2.16. The highest BCUT2D eigenvalue weighted by Crippen LogP contribution is 2.33. The van der Waals surface area contributed by atoms with Crippen LogP contribution in [0.1, 0.15) is 30.3 Å². The number of amides is 1. The maximum absolute atomic E-state index is 12.0. The first-order chi connectivity index (χ1) is 11.7. The van der Waals surface area contributed by atoms with Gasteiger partial charge in [0.25, 0.3) is 0 Å². The fraction of sp³-hybridized carbons (Fsp3) is 0.375. The lowest BCUT2D eigenvalue weighted by molar-refractivity contribution is -0.129. The van der Waals surface area contributed by atoms with E-state index >= 15 is 0 Å². The van der Waals surface area contributed by atoms with Crippen LogP contribution in [0.5, 0.6) is 0 Å². The van der Waals surface area contributed by atoms with Gasteiger partial charge in [0.05, 0.1) is 17.1 Å². The number of hydrogen-bond donors (Lipinski definition) is 1.